The number of hydrogen-bond acceptors (Lipinski definition) is 4. The molecular formula is C14H24S4. The molecule has 2 unspecified atom stereocenters. The van der Waals surface area contributed by atoms with Gasteiger partial charge >= 0.3 is 0 Å². The summed E-state index contributed by atoms with van der Waals surface area (Å²) in [5, 5.41) is 1.90. The van der Waals surface area contributed by atoms with Crippen molar-refractivity contribution in [2.45, 2.75) is 36.2 Å². The van der Waals surface area contributed by atoms with Crippen molar-refractivity contribution in [1.29, 1.82) is 0 Å². The molecule has 0 aromatic heterocycles. The van der Waals surface area contributed by atoms with Crippen molar-refractivity contribution < 1.29 is 0 Å². The lowest BCUT2D eigenvalue weighted by atomic mass is 10.5. The molecule has 3 aliphatic rings. The van der Waals surface area contributed by atoms with Crippen LogP contribution in [0.15, 0.2) is 0 Å². The fourth-order valence-corrected chi connectivity index (χ4v) is 8.54. The third-order valence-electron chi connectivity index (χ3n) is 3.74. The molecular weight excluding hydrogens is 296 g/mol. The molecule has 0 radical (unpaired) electrons. The summed E-state index contributed by atoms with van der Waals surface area (Å²) in [6.45, 7) is 0. The van der Waals surface area contributed by atoms with Crippen LogP contribution >= 0.6 is 47.0 Å². The first kappa shape index (κ1) is 14.3. The van der Waals surface area contributed by atoms with Crippen LogP contribution in [0.25, 0.3) is 0 Å². The third-order valence-corrected chi connectivity index (χ3v) is 10.1. The molecule has 104 valence electrons. The quantitative estimate of drug-likeness (QED) is 0.646. The molecule has 4 heteroatoms. The van der Waals surface area contributed by atoms with E-state index in [0.29, 0.717) is 0 Å². The summed E-state index contributed by atoms with van der Waals surface area (Å²) < 4.78 is 0. The predicted molar refractivity (Wildman–Crippen MR) is 92.6 cm³/mol. The summed E-state index contributed by atoms with van der Waals surface area (Å²) >= 11 is 8.97. The molecule has 2 aliphatic carbocycles. The van der Waals surface area contributed by atoms with Crippen LogP contribution in [0, 0.1) is 11.8 Å². The Morgan fingerprint density at radius 2 is 1.11 bits per heavy atom. The summed E-state index contributed by atoms with van der Waals surface area (Å²) in [5.74, 6) is 10.7. The average molecular weight is 321 g/mol. The highest BCUT2D eigenvalue weighted by Crippen LogP contribution is 2.38. The maximum absolute atomic E-state index is 2.26. The van der Waals surface area contributed by atoms with Crippen molar-refractivity contribution in [3.05, 3.63) is 0 Å². The van der Waals surface area contributed by atoms with E-state index in [1.54, 1.807) is 0 Å². The zero-order chi connectivity index (χ0) is 12.2. The second-order valence-electron chi connectivity index (χ2n) is 5.87. The van der Waals surface area contributed by atoms with Gasteiger partial charge in [-0.05, 0) is 49.0 Å². The van der Waals surface area contributed by atoms with Gasteiger partial charge in [-0.15, -0.1) is 0 Å². The topological polar surface area (TPSA) is 0 Å². The van der Waals surface area contributed by atoms with E-state index in [4.69, 9.17) is 0 Å². The Morgan fingerprint density at radius 3 is 1.44 bits per heavy atom. The van der Waals surface area contributed by atoms with Crippen LogP contribution in [-0.2, 0) is 0 Å². The first-order valence-corrected chi connectivity index (χ1v) is 11.7. The van der Waals surface area contributed by atoms with Crippen molar-refractivity contribution in [3.63, 3.8) is 0 Å². The van der Waals surface area contributed by atoms with Gasteiger partial charge in [0, 0.05) is 33.5 Å². The molecule has 3 rings (SSSR count). The minimum absolute atomic E-state index is 0.948. The smallest absolute Gasteiger partial charge is 0.0229 e. The van der Waals surface area contributed by atoms with Crippen LogP contribution in [-0.4, -0.2) is 45.0 Å². The zero-order valence-corrected chi connectivity index (χ0v) is 14.3. The summed E-state index contributed by atoms with van der Waals surface area (Å²) in [7, 11) is 0. The van der Waals surface area contributed by atoms with Gasteiger partial charge in [0.25, 0.3) is 0 Å². The van der Waals surface area contributed by atoms with Crippen molar-refractivity contribution in [3.8, 4) is 0 Å². The molecule has 0 nitrogen and oxygen atoms in total. The molecule has 0 N–H and O–H groups in total. The molecule has 1 aliphatic heterocycles. The number of thioether (sulfide) groups is 4. The van der Waals surface area contributed by atoms with Crippen LogP contribution < -0.4 is 0 Å². The lowest BCUT2D eigenvalue weighted by Crippen LogP contribution is -2.25. The Labute approximate surface area is 129 Å². The molecule has 1 heterocycles. The largest absolute Gasteiger partial charge is 0.161 e. The molecule has 2 atom stereocenters. The average Bonchev–Trinajstić information content (AvgIpc) is 3.25. The van der Waals surface area contributed by atoms with Gasteiger partial charge in [-0.25, -0.2) is 0 Å². The minimum Gasteiger partial charge on any atom is -0.161 e. The standard InChI is InChI=1S/C14H24S4/c1-2-11(1)5-15-7-13-9-18-14(10-17-13)8-16-6-12-3-4-12/h11-14H,1-10H2. The van der Waals surface area contributed by atoms with Crippen molar-refractivity contribution in [1.82, 2.24) is 0 Å². The summed E-state index contributed by atoms with van der Waals surface area (Å²) in [6.07, 6.45) is 6.05. The van der Waals surface area contributed by atoms with E-state index < -0.39 is 0 Å². The highest BCUT2D eigenvalue weighted by molar-refractivity contribution is 8.09. The van der Waals surface area contributed by atoms with Crippen LogP contribution in [0.4, 0.5) is 0 Å². The Hall–Kier alpha value is 1.40. The maximum atomic E-state index is 2.26. The monoisotopic (exact) mass is 320 g/mol. The van der Waals surface area contributed by atoms with Gasteiger partial charge in [0.15, 0.2) is 0 Å². The Bertz CT molecular complexity index is 216. The van der Waals surface area contributed by atoms with E-state index >= 15 is 0 Å². The molecule has 2 saturated carbocycles. The molecule has 18 heavy (non-hydrogen) atoms. The number of rotatable bonds is 8. The lowest BCUT2D eigenvalue weighted by molar-refractivity contribution is 0.989. The molecule has 0 amide bonds. The highest BCUT2D eigenvalue weighted by Gasteiger charge is 2.26. The first-order chi connectivity index (χ1) is 8.90. The van der Waals surface area contributed by atoms with Gasteiger partial charge in [0.2, 0.25) is 0 Å². The van der Waals surface area contributed by atoms with Gasteiger partial charge < -0.3 is 0 Å². The molecule has 0 aromatic rings. The van der Waals surface area contributed by atoms with E-state index in [1.165, 1.54) is 60.2 Å². The highest BCUT2D eigenvalue weighted by atomic mass is 32.2. The Balaban J connectivity index is 1.21. The Morgan fingerprint density at radius 1 is 0.667 bits per heavy atom. The van der Waals surface area contributed by atoms with Gasteiger partial charge in [-0.3, -0.25) is 0 Å². The SMILES string of the molecule is C1CC1CSCC1CSC(CSCC2CC2)CS1. The second kappa shape index (κ2) is 7.42. The fourth-order valence-electron chi connectivity index (χ4n) is 2.08. The predicted octanol–water partition coefficient (Wildman–Crippen LogP) is 4.49. The zero-order valence-electron chi connectivity index (χ0n) is 11.0. The summed E-state index contributed by atoms with van der Waals surface area (Å²) in [6, 6.07) is 0. The van der Waals surface area contributed by atoms with E-state index in [1.807, 2.05) is 0 Å². The van der Waals surface area contributed by atoms with Crippen LogP contribution in [0.3, 0.4) is 0 Å². The molecule has 0 aromatic carbocycles. The van der Waals surface area contributed by atoms with Crippen molar-refractivity contribution in [2.24, 2.45) is 11.8 Å². The Kier molecular flexibility index (Phi) is 5.91. The van der Waals surface area contributed by atoms with Gasteiger partial charge in [-0.1, -0.05) is 0 Å². The van der Waals surface area contributed by atoms with Gasteiger partial charge in [0.05, 0.1) is 0 Å². The molecule has 0 spiro atoms. The number of hydrogen-bond donors (Lipinski definition) is 0. The van der Waals surface area contributed by atoms with Crippen molar-refractivity contribution in [2.75, 3.05) is 34.5 Å². The third kappa shape index (κ3) is 5.41. The van der Waals surface area contributed by atoms with Crippen LogP contribution in [0.5, 0.6) is 0 Å². The van der Waals surface area contributed by atoms with E-state index in [0.717, 1.165) is 22.3 Å². The van der Waals surface area contributed by atoms with Crippen LogP contribution in [0.1, 0.15) is 25.7 Å². The van der Waals surface area contributed by atoms with E-state index in [2.05, 4.69) is 47.0 Å². The van der Waals surface area contributed by atoms with Crippen LogP contribution in [0.2, 0.25) is 0 Å². The summed E-state index contributed by atoms with van der Waals surface area (Å²) in [5.41, 5.74) is 0. The lowest BCUT2D eigenvalue weighted by Gasteiger charge is -2.27. The van der Waals surface area contributed by atoms with Gasteiger partial charge in [0.1, 0.15) is 0 Å². The normalized spacial score (nSPS) is 32.7. The molecule has 1 saturated heterocycles. The van der Waals surface area contributed by atoms with Crippen molar-refractivity contribution >= 4 is 47.0 Å². The second-order valence-corrected chi connectivity index (χ2v) is 10.7. The first-order valence-electron chi connectivity index (χ1n) is 7.29. The van der Waals surface area contributed by atoms with E-state index in [9.17, 15) is 0 Å². The minimum atomic E-state index is 0.948. The molecule has 3 fully saturated rings. The molecule has 0 bridgehead atoms. The van der Waals surface area contributed by atoms with Gasteiger partial charge in [-0.2, -0.15) is 47.0 Å². The van der Waals surface area contributed by atoms with E-state index in [-0.39, 0.29) is 0 Å². The fraction of sp³-hybridized carbons (Fsp3) is 1.00. The maximum Gasteiger partial charge on any atom is 0.0229 e. The summed E-state index contributed by atoms with van der Waals surface area (Å²) in [4.78, 5) is 0.